The maximum atomic E-state index is 6.16. The van der Waals surface area contributed by atoms with Gasteiger partial charge >= 0.3 is 0 Å². The molecule has 1 N–H and O–H groups in total. The van der Waals surface area contributed by atoms with Gasteiger partial charge in [0.25, 0.3) is 0 Å². The van der Waals surface area contributed by atoms with Crippen LogP contribution in [0.25, 0.3) is 0 Å². The van der Waals surface area contributed by atoms with Crippen LogP contribution in [0.1, 0.15) is 32.1 Å². The van der Waals surface area contributed by atoms with Crippen LogP contribution in [0.4, 0.5) is 5.69 Å². The zero-order valence-corrected chi connectivity index (χ0v) is 12.7. The number of fused-ring (bicyclic) bond motifs is 2. The van der Waals surface area contributed by atoms with Gasteiger partial charge in [-0.1, -0.05) is 23.2 Å². The van der Waals surface area contributed by atoms with Gasteiger partial charge in [-0.2, -0.15) is 0 Å². The molecule has 4 heteroatoms. The molecular weight excluding hydrogens is 279 g/mol. The van der Waals surface area contributed by atoms with Gasteiger partial charge < -0.3 is 10.2 Å². The summed E-state index contributed by atoms with van der Waals surface area (Å²) in [4.78, 5) is 2.56. The first-order valence-corrected chi connectivity index (χ1v) is 7.84. The van der Waals surface area contributed by atoms with Gasteiger partial charge in [0.2, 0.25) is 0 Å². The maximum absolute atomic E-state index is 6.16. The molecule has 1 aromatic carbocycles. The summed E-state index contributed by atoms with van der Waals surface area (Å²) < 4.78 is 0. The Balaban J connectivity index is 1.91. The van der Waals surface area contributed by atoms with Crippen molar-refractivity contribution < 1.29 is 0 Å². The summed E-state index contributed by atoms with van der Waals surface area (Å²) in [5, 5.41) is 4.91. The van der Waals surface area contributed by atoms with Crippen molar-refractivity contribution in [3.63, 3.8) is 0 Å². The molecule has 2 nitrogen and oxygen atoms in total. The first-order valence-electron chi connectivity index (χ1n) is 7.09. The summed E-state index contributed by atoms with van der Waals surface area (Å²) in [7, 11) is 2.08. The van der Waals surface area contributed by atoms with Crippen molar-refractivity contribution in [2.24, 2.45) is 0 Å². The Morgan fingerprint density at radius 2 is 1.63 bits per heavy atom. The van der Waals surface area contributed by atoms with E-state index in [1.807, 2.05) is 6.07 Å². The molecule has 2 atom stereocenters. The third-order valence-electron chi connectivity index (χ3n) is 4.53. The third kappa shape index (κ3) is 2.72. The summed E-state index contributed by atoms with van der Waals surface area (Å²) in [6, 6.07) is 7.82. The Kier molecular flexibility index (Phi) is 3.93. The van der Waals surface area contributed by atoms with Crippen LogP contribution in [-0.2, 0) is 0 Å². The van der Waals surface area contributed by atoms with Crippen molar-refractivity contribution in [3.8, 4) is 0 Å². The Morgan fingerprint density at radius 3 is 2.16 bits per heavy atom. The lowest BCUT2D eigenvalue weighted by atomic mass is 9.81. The average molecular weight is 299 g/mol. The second kappa shape index (κ2) is 5.51. The van der Waals surface area contributed by atoms with Crippen LogP contribution in [0.15, 0.2) is 18.2 Å². The number of nitrogens with one attached hydrogen (secondary N) is 1. The van der Waals surface area contributed by atoms with Crippen molar-refractivity contribution in [3.05, 3.63) is 28.2 Å². The molecule has 0 aliphatic carbocycles. The van der Waals surface area contributed by atoms with Gasteiger partial charge in [0, 0.05) is 33.9 Å². The largest absolute Gasteiger partial charge is 0.365 e. The molecule has 0 saturated carbocycles. The quantitative estimate of drug-likeness (QED) is 0.884. The summed E-state index contributed by atoms with van der Waals surface area (Å²) in [6.45, 7) is 0. The van der Waals surface area contributed by atoms with Crippen LogP contribution in [0.2, 0.25) is 10.0 Å². The van der Waals surface area contributed by atoms with Crippen molar-refractivity contribution in [2.45, 2.75) is 50.2 Å². The SMILES string of the molecule is CNC1CC2CCCC(C1)N2c1cc(Cl)cc(Cl)c1. The van der Waals surface area contributed by atoms with Crippen LogP contribution in [0, 0.1) is 0 Å². The summed E-state index contributed by atoms with van der Waals surface area (Å²) >= 11 is 12.3. The monoisotopic (exact) mass is 298 g/mol. The molecule has 0 spiro atoms. The van der Waals surface area contributed by atoms with Gasteiger partial charge in [-0.3, -0.25) is 0 Å². The van der Waals surface area contributed by atoms with E-state index in [4.69, 9.17) is 23.2 Å². The Hall–Kier alpha value is -0.440. The maximum Gasteiger partial charge on any atom is 0.0441 e. The van der Waals surface area contributed by atoms with Crippen molar-refractivity contribution >= 4 is 28.9 Å². The number of benzene rings is 1. The molecule has 0 radical (unpaired) electrons. The molecule has 2 bridgehead atoms. The first kappa shape index (κ1) is 13.5. The molecule has 2 unspecified atom stereocenters. The van der Waals surface area contributed by atoms with E-state index in [9.17, 15) is 0 Å². The molecule has 104 valence electrons. The fourth-order valence-electron chi connectivity index (χ4n) is 3.73. The molecule has 1 aromatic rings. The molecule has 0 amide bonds. The van der Waals surface area contributed by atoms with Crippen molar-refractivity contribution in [1.29, 1.82) is 0 Å². The molecule has 2 fully saturated rings. The number of halogens is 2. The average Bonchev–Trinajstić information content (AvgIpc) is 2.35. The Bertz CT molecular complexity index is 429. The highest BCUT2D eigenvalue weighted by Gasteiger charge is 2.37. The molecule has 2 saturated heterocycles. The van der Waals surface area contributed by atoms with E-state index < -0.39 is 0 Å². The lowest BCUT2D eigenvalue weighted by Crippen LogP contribution is -2.56. The van der Waals surface area contributed by atoms with E-state index in [1.54, 1.807) is 0 Å². The van der Waals surface area contributed by atoms with E-state index in [0.717, 1.165) is 10.0 Å². The Morgan fingerprint density at radius 1 is 1.05 bits per heavy atom. The van der Waals surface area contributed by atoms with Gasteiger partial charge in [0.05, 0.1) is 0 Å². The van der Waals surface area contributed by atoms with Gasteiger partial charge in [0.15, 0.2) is 0 Å². The Labute approximate surface area is 125 Å². The fourth-order valence-corrected chi connectivity index (χ4v) is 4.24. The van der Waals surface area contributed by atoms with Crippen molar-refractivity contribution in [2.75, 3.05) is 11.9 Å². The zero-order chi connectivity index (χ0) is 13.4. The number of hydrogen-bond donors (Lipinski definition) is 1. The van der Waals surface area contributed by atoms with Gasteiger partial charge in [-0.05, 0) is 57.4 Å². The minimum absolute atomic E-state index is 0.625. The standard InChI is InChI=1S/C15H20Cl2N2/c1-18-12-8-13-3-2-4-14(9-12)19(13)15-6-10(16)5-11(17)7-15/h5-7,12-14,18H,2-4,8-9H2,1H3. The van der Waals surface area contributed by atoms with Gasteiger partial charge in [-0.25, -0.2) is 0 Å². The highest BCUT2D eigenvalue weighted by Crippen LogP contribution is 2.39. The smallest absolute Gasteiger partial charge is 0.0441 e. The predicted molar refractivity (Wildman–Crippen MR) is 82.4 cm³/mol. The van der Waals surface area contributed by atoms with E-state index in [0.29, 0.717) is 18.1 Å². The van der Waals surface area contributed by atoms with Crippen LogP contribution in [0.3, 0.4) is 0 Å². The van der Waals surface area contributed by atoms with Crippen LogP contribution in [0.5, 0.6) is 0 Å². The lowest BCUT2D eigenvalue weighted by molar-refractivity contribution is 0.252. The normalized spacial score (nSPS) is 30.5. The highest BCUT2D eigenvalue weighted by molar-refractivity contribution is 6.35. The first-order chi connectivity index (χ1) is 9.17. The third-order valence-corrected chi connectivity index (χ3v) is 4.96. The molecule has 2 heterocycles. The molecule has 19 heavy (non-hydrogen) atoms. The molecule has 3 rings (SSSR count). The number of piperidine rings is 2. The molecule has 2 aliphatic heterocycles. The molecular formula is C15H20Cl2N2. The fraction of sp³-hybridized carbons (Fsp3) is 0.600. The van der Waals surface area contributed by atoms with Crippen LogP contribution in [-0.4, -0.2) is 25.2 Å². The summed E-state index contributed by atoms with van der Waals surface area (Å²) in [5.74, 6) is 0. The number of rotatable bonds is 2. The van der Waals surface area contributed by atoms with Gasteiger partial charge in [-0.15, -0.1) is 0 Å². The number of hydrogen-bond acceptors (Lipinski definition) is 2. The van der Waals surface area contributed by atoms with Crippen LogP contribution >= 0.6 is 23.2 Å². The van der Waals surface area contributed by atoms with E-state index in [1.165, 1.54) is 37.8 Å². The van der Waals surface area contributed by atoms with Crippen LogP contribution < -0.4 is 10.2 Å². The highest BCUT2D eigenvalue weighted by atomic mass is 35.5. The predicted octanol–water partition coefficient (Wildman–Crippen LogP) is 4.10. The van der Waals surface area contributed by atoms with E-state index in [2.05, 4.69) is 29.4 Å². The molecule has 0 aromatic heterocycles. The summed E-state index contributed by atoms with van der Waals surface area (Å²) in [6.07, 6.45) is 6.34. The summed E-state index contributed by atoms with van der Waals surface area (Å²) in [5.41, 5.74) is 1.20. The van der Waals surface area contributed by atoms with Crippen molar-refractivity contribution in [1.82, 2.24) is 5.32 Å². The van der Waals surface area contributed by atoms with Gasteiger partial charge in [0.1, 0.15) is 0 Å². The second-order valence-corrected chi connectivity index (χ2v) is 6.60. The minimum atomic E-state index is 0.625. The number of nitrogens with zero attached hydrogens (tertiary/aromatic N) is 1. The molecule has 2 aliphatic rings. The zero-order valence-electron chi connectivity index (χ0n) is 11.2. The van der Waals surface area contributed by atoms with E-state index in [-0.39, 0.29) is 0 Å². The second-order valence-electron chi connectivity index (χ2n) is 5.73. The lowest BCUT2D eigenvalue weighted by Gasteiger charge is -2.50. The van der Waals surface area contributed by atoms with E-state index >= 15 is 0 Å². The minimum Gasteiger partial charge on any atom is -0.365 e. The number of anilines is 1. The topological polar surface area (TPSA) is 15.3 Å².